The van der Waals surface area contributed by atoms with Crippen LogP contribution in [0.25, 0.3) is 0 Å². The van der Waals surface area contributed by atoms with Crippen LogP contribution in [0.1, 0.15) is 90.4 Å². The first-order valence-corrected chi connectivity index (χ1v) is 16.4. The van der Waals surface area contributed by atoms with Crippen molar-refractivity contribution in [3.63, 3.8) is 0 Å². The monoisotopic (exact) mass is 556 g/mol. The SMILES string of the molecule is c1ccc2c(c1)[C@@H]1c3ccccc3C34c5ccccc5[C@H]2C13C12[C@@H]3c5ccccc5[C@H]1c1ccccc1C42c1ccccc13. The van der Waals surface area contributed by atoms with E-state index in [0.29, 0.717) is 23.7 Å². The van der Waals surface area contributed by atoms with Crippen molar-refractivity contribution in [2.24, 2.45) is 10.8 Å². The molecule has 7 aliphatic rings. The molecular weight excluding hydrogens is 528 g/mol. The molecule has 0 bridgehead atoms. The normalized spacial score (nSPS) is 36.5. The summed E-state index contributed by atoms with van der Waals surface area (Å²) < 4.78 is 0. The average Bonchev–Trinajstić information content (AvgIpc) is 3.82. The largest absolute Gasteiger partial charge is 0.0620 e. The molecule has 0 saturated heterocycles. The Morgan fingerprint density at radius 1 is 0.250 bits per heavy atom. The number of hydrogen-bond donors (Lipinski definition) is 0. The second-order valence-electron chi connectivity index (χ2n) is 14.6. The zero-order valence-corrected chi connectivity index (χ0v) is 24.2. The fraction of sp³-hybridized carbons (Fsp3) is 0.182. The zero-order chi connectivity index (χ0) is 28.2. The van der Waals surface area contributed by atoms with Crippen molar-refractivity contribution in [1.82, 2.24) is 0 Å². The summed E-state index contributed by atoms with van der Waals surface area (Å²) in [5, 5.41) is 0. The topological polar surface area (TPSA) is 0 Å². The summed E-state index contributed by atoms with van der Waals surface area (Å²) in [4.78, 5) is 0. The molecular formula is C44H28. The van der Waals surface area contributed by atoms with Gasteiger partial charge >= 0.3 is 0 Å². The number of hydrogen-bond acceptors (Lipinski definition) is 0. The maximum atomic E-state index is 2.55. The van der Waals surface area contributed by atoms with E-state index in [1.807, 2.05) is 0 Å². The van der Waals surface area contributed by atoms with E-state index in [1.165, 1.54) is 0 Å². The van der Waals surface area contributed by atoms with E-state index in [4.69, 9.17) is 0 Å². The zero-order valence-electron chi connectivity index (χ0n) is 24.2. The molecule has 44 heavy (non-hydrogen) atoms. The lowest BCUT2D eigenvalue weighted by atomic mass is 9.21. The van der Waals surface area contributed by atoms with Crippen LogP contribution in [0, 0.1) is 10.8 Å². The van der Waals surface area contributed by atoms with Gasteiger partial charge in [-0.25, -0.2) is 0 Å². The third-order valence-corrected chi connectivity index (χ3v) is 14.2. The van der Waals surface area contributed by atoms with Gasteiger partial charge in [-0.05, 0) is 66.8 Å². The third-order valence-electron chi connectivity index (χ3n) is 14.2. The quantitative estimate of drug-likeness (QED) is 0.175. The van der Waals surface area contributed by atoms with Crippen LogP contribution in [0.3, 0.4) is 0 Å². The maximum absolute atomic E-state index is 2.55. The smallest absolute Gasteiger partial charge is 0.0433 e. The van der Waals surface area contributed by atoms with E-state index in [1.54, 1.807) is 66.8 Å². The van der Waals surface area contributed by atoms with Crippen LogP contribution in [-0.4, -0.2) is 0 Å². The van der Waals surface area contributed by atoms with Crippen molar-refractivity contribution in [1.29, 1.82) is 0 Å². The minimum atomic E-state index is -0.153. The Bertz CT molecular complexity index is 2040. The van der Waals surface area contributed by atoms with Crippen molar-refractivity contribution >= 4 is 0 Å². The van der Waals surface area contributed by atoms with E-state index in [-0.39, 0.29) is 21.7 Å². The predicted octanol–water partition coefficient (Wildman–Crippen LogP) is 9.15. The van der Waals surface area contributed by atoms with Crippen molar-refractivity contribution < 1.29 is 0 Å². The highest BCUT2D eigenvalue weighted by atomic mass is 15.0. The van der Waals surface area contributed by atoms with Crippen LogP contribution < -0.4 is 0 Å². The lowest BCUT2D eigenvalue weighted by Gasteiger charge is -2.78. The third kappa shape index (κ3) is 1.57. The summed E-state index contributed by atoms with van der Waals surface area (Å²) >= 11 is 0. The summed E-state index contributed by atoms with van der Waals surface area (Å²) in [6.45, 7) is 0. The van der Waals surface area contributed by atoms with Gasteiger partial charge in [0.25, 0.3) is 0 Å². The second kappa shape index (κ2) is 6.40. The van der Waals surface area contributed by atoms with Crippen LogP contribution >= 0.6 is 0 Å². The van der Waals surface area contributed by atoms with Gasteiger partial charge in [0.2, 0.25) is 0 Å². The van der Waals surface area contributed by atoms with Crippen molar-refractivity contribution in [2.45, 2.75) is 34.5 Å². The number of rotatable bonds is 0. The Hall–Kier alpha value is -4.68. The summed E-state index contributed by atoms with van der Waals surface area (Å²) in [6, 6.07) is 58.1. The lowest BCUT2D eigenvalue weighted by molar-refractivity contribution is -0.202. The first-order valence-electron chi connectivity index (χ1n) is 16.4. The molecule has 4 unspecified atom stereocenters. The van der Waals surface area contributed by atoms with Gasteiger partial charge in [0, 0.05) is 45.3 Å². The van der Waals surface area contributed by atoms with Crippen LogP contribution in [0.4, 0.5) is 0 Å². The molecule has 0 radical (unpaired) electrons. The molecule has 0 nitrogen and oxygen atoms in total. The molecule has 7 aliphatic carbocycles. The van der Waals surface area contributed by atoms with Gasteiger partial charge < -0.3 is 0 Å². The molecule has 0 heterocycles. The van der Waals surface area contributed by atoms with Gasteiger partial charge in [-0.15, -0.1) is 0 Å². The number of fused-ring (bicyclic) bond motifs is 14. The molecule has 0 aliphatic heterocycles. The van der Waals surface area contributed by atoms with Gasteiger partial charge in [-0.3, -0.25) is 0 Å². The van der Waals surface area contributed by atoms with E-state index in [0.717, 1.165) is 0 Å². The Morgan fingerprint density at radius 3 is 0.705 bits per heavy atom. The Balaban J connectivity index is 1.37. The van der Waals surface area contributed by atoms with Crippen LogP contribution in [0.15, 0.2) is 146 Å². The van der Waals surface area contributed by atoms with E-state index in [2.05, 4.69) is 146 Å². The van der Waals surface area contributed by atoms with E-state index >= 15 is 0 Å². The molecule has 0 aromatic heterocycles. The van der Waals surface area contributed by atoms with Crippen LogP contribution in [0.2, 0.25) is 0 Å². The molecule has 0 N–H and O–H groups in total. The van der Waals surface area contributed by atoms with Gasteiger partial charge in [0.1, 0.15) is 0 Å². The Morgan fingerprint density at radius 2 is 0.455 bits per heavy atom. The van der Waals surface area contributed by atoms with E-state index in [9.17, 15) is 0 Å². The molecule has 6 aromatic rings. The molecule has 0 amide bonds. The second-order valence-corrected chi connectivity index (χ2v) is 14.6. The Kier molecular flexibility index (Phi) is 3.19. The Labute approximate surface area is 257 Å². The van der Waals surface area contributed by atoms with Gasteiger partial charge in [0.05, 0.1) is 0 Å². The van der Waals surface area contributed by atoms with Gasteiger partial charge in [-0.1, -0.05) is 146 Å². The van der Waals surface area contributed by atoms with Gasteiger partial charge in [0.15, 0.2) is 0 Å². The minimum Gasteiger partial charge on any atom is -0.0620 e. The highest BCUT2D eigenvalue weighted by Gasteiger charge is 3.03. The van der Waals surface area contributed by atoms with Crippen LogP contribution in [0.5, 0.6) is 0 Å². The molecule has 6 aromatic carbocycles. The first-order chi connectivity index (χ1) is 21.9. The summed E-state index contributed by atoms with van der Waals surface area (Å²) in [5.41, 5.74) is 18.8. The predicted molar refractivity (Wildman–Crippen MR) is 172 cm³/mol. The van der Waals surface area contributed by atoms with Gasteiger partial charge in [-0.2, -0.15) is 0 Å². The highest BCUT2D eigenvalue weighted by molar-refractivity contribution is 5.90. The molecule has 204 valence electrons. The molecule has 13 rings (SSSR count). The maximum Gasteiger partial charge on any atom is 0.0433 e. The fourth-order valence-corrected chi connectivity index (χ4v) is 14.4. The summed E-state index contributed by atoms with van der Waals surface area (Å²) in [6.07, 6.45) is 0. The van der Waals surface area contributed by atoms with E-state index < -0.39 is 0 Å². The summed E-state index contributed by atoms with van der Waals surface area (Å²) in [5.74, 6) is 1.46. The molecule has 0 heteroatoms. The highest BCUT2D eigenvalue weighted by Crippen LogP contribution is 3.05. The average molecular weight is 557 g/mol. The lowest BCUT2D eigenvalue weighted by Crippen LogP contribution is -2.80. The minimum absolute atomic E-state index is 0.0105. The van der Waals surface area contributed by atoms with Crippen molar-refractivity contribution in [3.05, 3.63) is 212 Å². The number of benzene rings is 6. The molecule has 2 spiro atoms. The molecule has 1 saturated carbocycles. The standard InChI is InChI=1S/C44H28/c1-2-14-26-25(13-1)37-29-17-5-9-21-33(29)41-34-22-10-6-18-30(34)38(26)43(37,41)44-39-27-15-3-4-16-28(27)40(44)32-20-8-12-24-36(32)42(41,44)35-23-11-7-19-31(35)39/h1-24,37-40H/t37-,38+,39-,40+,41?,42?,43?,44?. The first kappa shape index (κ1) is 21.9. The fourth-order valence-electron chi connectivity index (χ4n) is 14.4. The molecule has 8 atom stereocenters. The van der Waals surface area contributed by atoms with Crippen LogP contribution in [-0.2, 0) is 10.8 Å². The summed E-state index contributed by atoms with van der Waals surface area (Å²) in [7, 11) is 0. The van der Waals surface area contributed by atoms with Crippen molar-refractivity contribution in [2.75, 3.05) is 0 Å². The molecule has 1 fully saturated rings. The van der Waals surface area contributed by atoms with Crippen molar-refractivity contribution in [3.8, 4) is 0 Å².